The molecule has 2 aliphatic rings. The molecule has 4 aromatic carbocycles. The van der Waals surface area contributed by atoms with Gasteiger partial charge in [0.05, 0.1) is 41.5 Å². The average Bonchev–Trinajstić information content (AvgIpc) is 3.29. The van der Waals surface area contributed by atoms with E-state index in [9.17, 15) is 90.7 Å². The molecule has 8 rings (SSSR count). The van der Waals surface area contributed by atoms with E-state index in [0.29, 0.717) is 0 Å². The van der Waals surface area contributed by atoms with Gasteiger partial charge < -0.3 is 89.8 Å². The van der Waals surface area contributed by atoms with Gasteiger partial charge in [-0.05, 0) is 47.5 Å². The first-order chi connectivity index (χ1) is 31.6. The van der Waals surface area contributed by atoms with Crippen LogP contribution < -0.4 is 10.9 Å². The Labute approximate surface area is 373 Å². The van der Waals surface area contributed by atoms with Gasteiger partial charge in [0.15, 0.2) is 23.1 Å². The maximum absolute atomic E-state index is 14.7. The van der Waals surface area contributed by atoms with Gasteiger partial charge in [0.25, 0.3) is 11.6 Å². The Bertz CT molecular complexity index is 2840. The zero-order chi connectivity index (χ0) is 48.6. The van der Waals surface area contributed by atoms with Crippen LogP contribution in [0.2, 0.25) is 0 Å². The third kappa shape index (κ3) is 7.69. The number of carbonyl (C=O) groups excluding carboxylic acids is 2. The number of ether oxygens (including phenoxy) is 2. The number of fused-ring (bicyclic) bond motifs is 2. The predicted molar refractivity (Wildman–Crippen MR) is 224 cm³/mol. The number of carbonyl (C=O) groups is 2. The van der Waals surface area contributed by atoms with Crippen LogP contribution in [0, 0.1) is 0 Å². The smallest absolute Gasteiger partial charge is 0.256 e. The first-order valence-corrected chi connectivity index (χ1v) is 20.1. The van der Waals surface area contributed by atoms with Crippen molar-refractivity contribution in [2.24, 2.45) is 0 Å². The molecule has 67 heavy (non-hydrogen) atoms. The second kappa shape index (κ2) is 17.2. The van der Waals surface area contributed by atoms with Crippen molar-refractivity contribution in [1.82, 2.24) is 0 Å². The van der Waals surface area contributed by atoms with Crippen molar-refractivity contribution >= 4 is 33.5 Å². The topological polar surface area (TPSA) is 396 Å². The second-order valence-electron chi connectivity index (χ2n) is 16.0. The van der Waals surface area contributed by atoms with E-state index in [1.165, 1.54) is 0 Å². The van der Waals surface area contributed by atoms with E-state index in [1.807, 2.05) is 0 Å². The molecule has 4 heterocycles. The number of phenolic OH excluding ortho intramolecular Hbond substituents is 4. The number of ketones is 2. The van der Waals surface area contributed by atoms with E-state index in [-0.39, 0.29) is 22.6 Å². The minimum atomic E-state index is -3.23. The minimum absolute atomic E-state index is 0.161. The number of phenols is 4. The summed E-state index contributed by atoms with van der Waals surface area (Å²) in [6.07, 6.45) is -18.1. The van der Waals surface area contributed by atoms with Gasteiger partial charge in [0, 0.05) is 23.3 Å². The van der Waals surface area contributed by atoms with Crippen molar-refractivity contribution in [1.29, 1.82) is 0 Å². The number of hydrogen-bond acceptors (Lipinski definition) is 22. The molecule has 0 aliphatic carbocycles. The first kappa shape index (κ1) is 46.9. The molecule has 2 unspecified atom stereocenters. The molecular weight excluding hydrogens is 892 g/mol. The molecule has 22 heteroatoms. The Balaban J connectivity index is 1.29. The molecule has 2 aromatic heterocycles. The van der Waals surface area contributed by atoms with E-state index >= 15 is 0 Å². The van der Waals surface area contributed by atoms with Gasteiger partial charge in [-0.1, -0.05) is 24.3 Å². The van der Waals surface area contributed by atoms with Crippen LogP contribution in [0.1, 0.15) is 38.7 Å². The number of aliphatic hydroxyl groups excluding tert-OH is 8. The lowest BCUT2D eigenvalue weighted by atomic mass is 9.87. The van der Waals surface area contributed by atoms with Crippen LogP contribution in [0.4, 0.5) is 0 Å². The van der Waals surface area contributed by atoms with Crippen LogP contribution in [0.3, 0.4) is 0 Å². The summed E-state index contributed by atoms with van der Waals surface area (Å²) in [5.41, 5.74) is -6.79. The fourth-order valence-corrected chi connectivity index (χ4v) is 8.35. The van der Waals surface area contributed by atoms with Crippen molar-refractivity contribution < 1.29 is 99.4 Å². The maximum Gasteiger partial charge on any atom is 0.256 e. The predicted octanol–water partition coefficient (Wildman–Crippen LogP) is -1.25. The van der Waals surface area contributed by atoms with Gasteiger partial charge in [-0.3, -0.25) is 19.2 Å². The molecule has 0 bridgehead atoms. The monoisotopic (exact) mass is 932 g/mol. The van der Waals surface area contributed by atoms with E-state index < -0.39 is 170 Å². The Morgan fingerprint density at radius 1 is 0.507 bits per heavy atom. The molecule has 6 aromatic rings. The van der Waals surface area contributed by atoms with Crippen LogP contribution in [0.15, 0.2) is 91.2 Å². The zero-order valence-electron chi connectivity index (χ0n) is 34.2. The summed E-state index contributed by atoms with van der Waals surface area (Å²) in [5, 5.41) is 148. The normalized spacial score (nSPS) is 27.6. The highest BCUT2D eigenvalue weighted by atomic mass is 16.7. The molecule has 2 saturated heterocycles. The zero-order valence-corrected chi connectivity index (χ0v) is 34.2. The van der Waals surface area contributed by atoms with E-state index in [4.69, 9.17) is 18.3 Å². The number of Topliss-reactive ketones (excluding diaryl/α,β-unsaturated/α-hetero) is 2. The molecule has 0 saturated carbocycles. The summed E-state index contributed by atoms with van der Waals surface area (Å²) in [6.45, 7) is -2.05. The highest BCUT2D eigenvalue weighted by molar-refractivity contribution is 6.21. The molecule has 2 fully saturated rings. The molecule has 0 radical (unpaired) electrons. The van der Waals surface area contributed by atoms with Crippen molar-refractivity contribution in [3.8, 4) is 45.3 Å². The third-order valence-corrected chi connectivity index (χ3v) is 11.8. The molecule has 0 amide bonds. The van der Waals surface area contributed by atoms with E-state index in [1.54, 1.807) is 0 Å². The highest BCUT2D eigenvalue weighted by Crippen LogP contribution is 2.44. The quantitative estimate of drug-likeness (QED) is 0.0563. The Kier molecular flexibility index (Phi) is 12.0. The van der Waals surface area contributed by atoms with Crippen LogP contribution in [-0.2, 0) is 21.0 Å². The summed E-state index contributed by atoms with van der Waals surface area (Å²) in [5.74, 6) is -13.0. The van der Waals surface area contributed by atoms with Gasteiger partial charge in [0.1, 0.15) is 83.0 Å². The lowest BCUT2D eigenvalue weighted by Crippen LogP contribution is -2.63. The molecule has 352 valence electrons. The lowest BCUT2D eigenvalue weighted by molar-refractivity contribution is -0.363. The standard InChI is InChI=1S/C45H40O22/c46-14-28-34(54)38(58)40(60)44(62,66-28)42-30(16-1-5-18(48)6-2-16)36(56)32-22(9-20(50)11-26(32)64-42)24(52)13-25(53)23-10-21(51)12-27-33(23)37(57)31(17-3-7-19(49)8-4-17)43(65-27)45(63)41(61)39(59)35(55)29(15-47)67-45/h1-12,28-29,34-35,38-41,46-51,54-55,58-63H,13-15H2/t28-,29-,34-,35-,38+,39+,40-,41-,44?,45?/m1/s1. The molecule has 22 nitrogen and oxygen atoms in total. The number of aromatic hydroxyl groups is 4. The van der Waals surface area contributed by atoms with E-state index in [0.717, 1.165) is 72.8 Å². The summed E-state index contributed by atoms with van der Waals surface area (Å²) >= 11 is 0. The molecule has 10 atom stereocenters. The summed E-state index contributed by atoms with van der Waals surface area (Å²) in [6, 6.07) is 12.2. The van der Waals surface area contributed by atoms with Crippen molar-refractivity contribution in [3.05, 3.63) is 116 Å². The second-order valence-corrected chi connectivity index (χ2v) is 16.0. The number of benzene rings is 4. The molecule has 0 spiro atoms. The number of rotatable bonds is 10. The summed E-state index contributed by atoms with van der Waals surface area (Å²) in [4.78, 5) is 58.0. The van der Waals surface area contributed by atoms with Gasteiger partial charge in [-0.2, -0.15) is 0 Å². The fourth-order valence-electron chi connectivity index (χ4n) is 8.35. The Morgan fingerprint density at radius 3 is 1.18 bits per heavy atom. The van der Waals surface area contributed by atoms with Gasteiger partial charge in [-0.25, -0.2) is 0 Å². The van der Waals surface area contributed by atoms with Crippen molar-refractivity contribution in [2.45, 2.75) is 66.8 Å². The van der Waals surface area contributed by atoms with Crippen LogP contribution in [-0.4, -0.2) is 145 Å². The number of hydrogen-bond donors (Lipinski definition) is 14. The average molecular weight is 933 g/mol. The minimum Gasteiger partial charge on any atom is -0.508 e. The van der Waals surface area contributed by atoms with Gasteiger partial charge >= 0.3 is 0 Å². The number of aliphatic hydroxyl groups is 10. The maximum atomic E-state index is 14.7. The third-order valence-electron chi connectivity index (χ3n) is 11.8. The fraction of sp³-hybridized carbons (Fsp3) is 0.289. The largest absolute Gasteiger partial charge is 0.508 e. The molecule has 14 N–H and O–H groups in total. The Hall–Kier alpha value is -6.64. The van der Waals surface area contributed by atoms with Gasteiger partial charge in [0.2, 0.25) is 10.9 Å². The first-order valence-electron chi connectivity index (χ1n) is 20.1. The Morgan fingerprint density at radius 2 is 0.851 bits per heavy atom. The highest BCUT2D eigenvalue weighted by Gasteiger charge is 2.58. The molecule has 2 aliphatic heterocycles. The SMILES string of the molecule is O=C(CC(=O)c1cc(O)cc2oc(C3(O)O[C@H](CO)[C@@H](O)[C@H](O)[C@H]3O)c(-c3ccc(O)cc3)c(=O)c12)c1cc(O)cc2oc(C3(O)O[C@H](CO)[C@@H](O)[C@H](O)[C@H]3O)c(-c3ccc(O)cc3)c(=O)c12. The van der Waals surface area contributed by atoms with Crippen molar-refractivity contribution in [2.75, 3.05) is 13.2 Å². The lowest BCUT2D eigenvalue weighted by Gasteiger charge is -2.44. The van der Waals surface area contributed by atoms with Crippen LogP contribution in [0.5, 0.6) is 23.0 Å². The van der Waals surface area contributed by atoms with E-state index in [2.05, 4.69) is 0 Å². The summed E-state index contributed by atoms with van der Waals surface area (Å²) < 4.78 is 22.7. The van der Waals surface area contributed by atoms with Crippen LogP contribution >= 0.6 is 0 Å². The van der Waals surface area contributed by atoms with Gasteiger partial charge in [-0.15, -0.1) is 0 Å². The van der Waals surface area contributed by atoms with Crippen LogP contribution in [0.25, 0.3) is 44.2 Å². The molecular formula is C45H40O22. The van der Waals surface area contributed by atoms with Crippen molar-refractivity contribution in [3.63, 3.8) is 0 Å². The summed E-state index contributed by atoms with van der Waals surface area (Å²) in [7, 11) is 0.